The van der Waals surface area contributed by atoms with Crippen molar-refractivity contribution in [1.29, 1.82) is 0 Å². The summed E-state index contributed by atoms with van der Waals surface area (Å²) in [6.07, 6.45) is 0. The van der Waals surface area contributed by atoms with Gasteiger partial charge in [-0.1, -0.05) is 11.6 Å². The number of nitrogens with one attached hydrogen (secondary N) is 2. The largest absolute Gasteiger partial charge is 0.497 e. The van der Waals surface area contributed by atoms with E-state index in [0.717, 1.165) is 17.0 Å². The second-order valence-corrected chi connectivity index (χ2v) is 6.42. The molecule has 0 saturated heterocycles. The van der Waals surface area contributed by atoms with Gasteiger partial charge in [-0.15, -0.1) is 0 Å². The Balaban J connectivity index is 1.80. The van der Waals surface area contributed by atoms with Crippen molar-refractivity contribution in [3.63, 3.8) is 0 Å². The van der Waals surface area contributed by atoms with Crippen molar-refractivity contribution in [1.82, 2.24) is 9.97 Å². The monoisotopic (exact) mass is 382 g/mol. The molecule has 2 N–H and O–H groups in total. The molecule has 0 atom stereocenters. The summed E-state index contributed by atoms with van der Waals surface area (Å²) in [4.78, 5) is 21.3. The molecule has 3 rings (SSSR count). The molecule has 0 spiro atoms. The van der Waals surface area contributed by atoms with Crippen LogP contribution in [0.1, 0.15) is 21.7 Å². The van der Waals surface area contributed by atoms with E-state index in [9.17, 15) is 4.79 Å². The maximum absolute atomic E-state index is 12.6. The lowest BCUT2D eigenvalue weighted by Crippen LogP contribution is -2.16. The number of rotatable bonds is 5. The molecule has 0 bridgehead atoms. The number of carbonyl (C=O) groups is 1. The van der Waals surface area contributed by atoms with E-state index in [4.69, 9.17) is 16.3 Å². The van der Waals surface area contributed by atoms with Crippen molar-refractivity contribution in [2.75, 3.05) is 17.7 Å². The zero-order chi connectivity index (χ0) is 19.4. The van der Waals surface area contributed by atoms with Gasteiger partial charge < -0.3 is 15.4 Å². The van der Waals surface area contributed by atoms with Crippen LogP contribution in [0.25, 0.3) is 0 Å². The van der Waals surface area contributed by atoms with E-state index in [1.165, 1.54) is 0 Å². The van der Waals surface area contributed by atoms with Crippen LogP contribution in [0, 0.1) is 13.8 Å². The minimum atomic E-state index is -0.316. The van der Waals surface area contributed by atoms with Gasteiger partial charge in [0, 0.05) is 22.1 Å². The molecular weight excluding hydrogens is 364 g/mol. The Hall–Kier alpha value is -3.12. The van der Waals surface area contributed by atoms with Gasteiger partial charge in [-0.05, 0) is 67.9 Å². The zero-order valence-corrected chi connectivity index (χ0v) is 16.0. The fourth-order valence-electron chi connectivity index (χ4n) is 2.50. The summed E-state index contributed by atoms with van der Waals surface area (Å²) in [6, 6.07) is 14.3. The molecule has 0 unspecified atom stereocenters. The predicted octanol–water partition coefficient (Wildman–Crippen LogP) is 4.75. The van der Waals surface area contributed by atoms with E-state index in [1.54, 1.807) is 31.4 Å². The summed E-state index contributed by atoms with van der Waals surface area (Å²) in [5.41, 5.74) is 3.30. The molecule has 27 heavy (non-hydrogen) atoms. The highest BCUT2D eigenvalue weighted by atomic mass is 35.5. The van der Waals surface area contributed by atoms with E-state index in [0.29, 0.717) is 22.4 Å². The topological polar surface area (TPSA) is 76.1 Å². The Morgan fingerprint density at radius 2 is 1.78 bits per heavy atom. The average molecular weight is 383 g/mol. The number of anilines is 3. The van der Waals surface area contributed by atoms with Crippen LogP contribution in [0.3, 0.4) is 0 Å². The highest BCUT2D eigenvalue weighted by molar-refractivity contribution is 6.30. The molecule has 7 heteroatoms. The summed E-state index contributed by atoms with van der Waals surface area (Å²) in [5, 5.41) is 6.57. The van der Waals surface area contributed by atoms with E-state index in [2.05, 4.69) is 20.6 Å². The lowest BCUT2D eigenvalue weighted by molar-refractivity contribution is 0.102. The van der Waals surface area contributed by atoms with E-state index >= 15 is 0 Å². The first kappa shape index (κ1) is 18.7. The molecule has 0 aliphatic rings. The number of nitrogens with zero attached hydrogens (tertiary/aromatic N) is 2. The smallest absolute Gasteiger partial charge is 0.274 e. The summed E-state index contributed by atoms with van der Waals surface area (Å²) in [6.45, 7) is 3.69. The number of halogens is 1. The molecular formula is C20H19ClN4O2. The predicted molar refractivity (Wildman–Crippen MR) is 107 cm³/mol. The molecule has 1 amide bonds. The molecule has 138 valence electrons. The Kier molecular flexibility index (Phi) is 5.57. The van der Waals surface area contributed by atoms with Crippen molar-refractivity contribution >= 4 is 34.8 Å². The van der Waals surface area contributed by atoms with Crippen molar-refractivity contribution in [2.45, 2.75) is 13.8 Å². The van der Waals surface area contributed by atoms with Gasteiger partial charge >= 0.3 is 0 Å². The first-order chi connectivity index (χ1) is 12.9. The van der Waals surface area contributed by atoms with Crippen LogP contribution in [0.15, 0.2) is 48.5 Å². The van der Waals surface area contributed by atoms with Crippen LogP contribution in [-0.2, 0) is 0 Å². The normalized spacial score (nSPS) is 10.4. The minimum absolute atomic E-state index is 0.271. The van der Waals surface area contributed by atoms with Crippen LogP contribution in [-0.4, -0.2) is 23.0 Å². The van der Waals surface area contributed by atoms with E-state index in [-0.39, 0.29) is 11.6 Å². The molecule has 0 aliphatic heterocycles. The van der Waals surface area contributed by atoms with Gasteiger partial charge in [0.05, 0.1) is 7.11 Å². The maximum atomic E-state index is 12.6. The summed E-state index contributed by atoms with van der Waals surface area (Å²) >= 11 is 5.96. The van der Waals surface area contributed by atoms with E-state index < -0.39 is 0 Å². The summed E-state index contributed by atoms with van der Waals surface area (Å²) in [7, 11) is 1.61. The molecule has 0 fully saturated rings. The molecule has 0 aliphatic carbocycles. The van der Waals surface area contributed by atoms with Crippen LogP contribution in [0.5, 0.6) is 5.75 Å². The van der Waals surface area contributed by atoms with Crippen molar-refractivity contribution in [3.05, 3.63) is 70.5 Å². The van der Waals surface area contributed by atoms with Crippen LogP contribution in [0.4, 0.5) is 17.3 Å². The van der Waals surface area contributed by atoms with Gasteiger partial charge in [0.15, 0.2) is 0 Å². The van der Waals surface area contributed by atoms with Crippen molar-refractivity contribution in [2.24, 2.45) is 0 Å². The quantitative estimate of drug-likeness (QED) is 0.665. The highest BCUT2D eigenvalue weighted by Gasteiger charge is 2.12. The second-order valence-electron chi connectivity index (χ2n) is 5.99. The average Bonchev–Trinajstić information content (AvgIpc) is 2.64. The maximum Gasteiger partial charge on any atom is 0.274 e. The number of aryl methyl sites for hydroxylation is 2. The molecule has 6 nitrogen and oxygen atoms in total. The van der Waals surface area contributed by atoms with Gasteiger partial charge in [0.1, 0.15) is 11.4 Å². The van der Waals surface area contributed by atoms with Gasteiger partial charge in [-0.3, -0.25) is 4.79 Å². The molecule has 1 heterocycles. The molecule has 0 saturated carbocycles. The van der Waals surface area contributed by atoms with Crippen LogP contribution >= 0.6 is 11.6 Å². The zero-order valence-electron chi connectivity index (χ0n) is 15.2. The minimum Gasteiger partial charge on any atom is -0.497 e. The van der Waals surface area contributed by atoms with Gasteiger partial charge in [-0.25, -0.2) is 9.97 Å². The number of methoxy groups -OCH3 is 1. The number of amides is 1. The first-order valence-electron chi connectivity index (χ1n) is 8.29. The third-order valence-electron chi connectivity index (χ3n) is 3.87. The lowest BCUT2D eigenvalue weighted by atomic mass is 10.2. The molecule has 1 aromatic heterocycles. The number of carbonyl (C=O) groups excluding carboxylic acids is 1. The molecule has 0 radical (unpaired) electrons. The van der Waals surface area contributed by atoms with Crippen molar-refractivity contribution < 1.29 is 9.53 Å². The number of hydrogen-bond donors (Lipinski definition) is 2. The van der Waals surface area contributed by atoms with Crippen LogP contribution < -0.4 is 15.4 Å². The summed E-state index contributed by atoms with van der Waals surface area (Å²) in [5.74, 6) is 0.783. The number of ether oxygens (including phenoxy) is 1. The Morgan fingerprint density at radius 3 is 2.44 bits per heavy atom. The lowest BCUT2D eigenvalue weighted by Gasteiger charge is -2.11. The molecule has 3 aromatic rings. The third-order valence-corrected chi connectivity index (χ3v) is 4.10. The highest BCUT2D eigenvalue weighted by Crippen LogP contribution is 2.21. The third kappa shape index (κ3) is 4.74. The Labute approximate surface area is 162 Å². The van der Waals surface area contributed by atoms with E-state index in [1.807, 2.05) is 38.1 Å². The summed E-state index contributed by atoms with van der Waals surface area (Å²) < 4.78 is 5.14. The number of benzene rings is 2. The fourth-order valence-corrected chi connectivity index (χ4v) is 2.72. The SMILES string of the molecule is COc1ccc(Nc2nc(C)cc(C(=O)Nc3ccc(Cl)cc3C)n2)cc1. The fraction of sp³-hybridized carbons (Fsp3) is 0.150. The number of hydrogen-bond acceptors (Lipinski definition) is 5. The van der Waals surface area contributed by atoms with Crippen LogP contribution in [0.2, 0.25) is 5.02 Å². The van der Waals surface area contributed by atoms with Crippen molar-refractivity contribution in [3.8, 4) is 5.75 Å². The first-order valence-corrected chi connectivity index (χ1v) is 8.66. The van der Waals surface area contributed by atoms with Gasteiger partial charge in [0.25, 0.3) is 5.91 Å². The standard InChI is InChI=1S/C20H19ClN4O2/c1-12-10-14(21)4-9-17(12)24-19(26)18-11-13(2)22-20(25-18)23-15-5-7-16(27-3)8-6-15/h4-11H,1-3H3,(H,24,26)(H,22,23,25). The van der Waals surface area contributed by atoms with Gasteiger partial charge in [-0.2, -0.15) is 0 Å². The Morgan fingerprint density at radius 1 is 1.04 bits per heavy atom. The van der Waals surface area contributed by atoms with Gasteiger partial charge in [0.2, 0.25) is 5.95 Å². The second kappa shape index (κ2) is 8.05. The molecule has 2 aromatic carbocycles. The Bertz CT molecular complexity index is 974. The number of aromatic nitrogens is 2.